The smallest absolute Gasteiger partial charge is 0.272 e. The van der Waals surface area contributed by atoms with Crippen molar-refractivity contribution in [2.75, 3.05) is 0 Å². The van der Waals surface area contributed by atoms with Gasteiger partial charge in [0.25, 0.3) is 6.33 Å². The quantitative estimate of drug-likeness (QED) is 0.101. The van der Waals surface area contributed by atoms with Crippen molar-refractivity contribution in [1.82, 2.24) is 19.2 Å². The Morgan fingerprint density at radius 1 is 0.507 bits per heavy atom. The van der Waals surface area contributed by atoms with Crippen molar-refractivity contribution in [3.05, 3.63) is 241 Å². The first-order valence-electron chi connectivity index (χ1n) is 24.7. The molecule has 7 heteroatoms. The second kappa shape index (κ2) is 19.4. The first-order valence-corrected chi connectivity index (χ1v) is 24.7. The molecule has 0 aliphatic rings. The van der Waals surface area contributed by atoms with Gasteiger partial charge in [-0.05, 0) is 78.9 Å². The largest absolute Gasteiger partial charge is 0.510 e. The average molecular weight is 1130 g/mol. The number of hydrogen-bond donors (Lipinski definition) is 0. The monoisotopic (exact) mass is 1130 g/mol. The van der Waals surface area contributed by atoms with Crippen molar-refractivity contribution in [1.29, 1.82) is 0 Å². The van der Waals surface area contributed by atoms with Crippen LogP contribution in [-0.4, -0.2) is 19.2 Å². The Kier molecular flexibility index (Phi) is 13.0. The zero-order valence-electron chi connectivity index (χ0n) is 42.5. The molecule has 11 rings (SSSR count). The summed E-state index contributed by atoms with van der Waals surface area (Å²) >= 11 is 0. The van der Waals surface area contributed by atoms with E-state index in [9.17, 15) is 0 Å². The van der Waals surface area contributed by atoms with Gasteiger partial charge in [0.2, 0.25) is 0 Å². The summed E-state index contributed by atoms with van der Waals surface area (Å²) in [5.41, 5.74) is 13.2. The molecule has 0 spiro atoms. The Hall–Kier alpha value is -7.66. The van der Waals surface area contributed by atoms with Crippen LogP contribution in [0.4, 0.5) is 0 Å². The Morgan fingerprint density at radius 3 is 1.74 bits per heavy atom. The maximum absolute atomic E-state index is 6.80. The van der Waals surface area contributed by atoms with Gasteiger partial charge in [-0.1, -0.05) is 212 Å². The number of fused-ring (bicyclic) bond motifs is 3. The van der Waals surface area contributed by atoms with Crippen LogP contribution in [0.1, 0.15) is 77.6 Å². The molecule has 0 fully saturated rings. The van der Waals surface area contributed by atoms with Crippen LogP contribution < -0.4 is 9.42 Å². The first-order chi connectivity index (χ1) is 34.7. The molecule has 8 aromatic carbocycles. The van der Waals surface area contributed by atoms with Crippen LogP contribution in [0.2, 0.25) is 0 Å². The van der Waals surface area contributed by atoms with Crippen LogP contribution in [0.15, 0.2) is 200 Å². The van der Waals surface area contributed by atoms with Gasteiger partial charge in [-0.3, -0.25) is 0 Å². The maximum atomic E-state index is 6.80. The predicted molar refractivity (Wildman–Crippen MR) is 293 cm³/mol. The van der Waals surface area contributed by atoms with E-state index in [1.54, 1.807) is 0 Å². The Bertz CT molecular complexity index is 3680. The van der Waals surface area contributed by atoms with Crippen LogP contribution in [0.25, 0.3) is 72.6 Å². The maximum Gasteiger partial charge on any atom is 0.272 e. The van der Waals surface area contributed by atoms with E-state index in [-0.39, 0.29) is 37.3 Å². The van der Waals surface area contributed by atoms with Crippen molar-refractivity contribution in [3.63, 3.8) is 0 Å². The molecule has 0 bridgehead atoms. The van der Waals surface area contributed by atoms with E-state index in [1.165, 1.54) is 22.3 Å². The molecular weight excluding hydrogens is 1070 g/mol. The molecule has 0 radical (unpaired) electrons. The molecule has 0 amide bonds. The van der Waals surface area contributed by atoms with Crippen LogP contribution in [-0.2, 0) is 37.3 Å². The van der Waals surface area contributed by atoms with Gasteiger partial charge >= 0.3 is 0 Å². The fourth-order valence-electron chi connectivity index (χ4n) is 9.73. The number of para-hydroxylation sites is 1. The van der Waals surface area contributed by atoms with Gasteiger partial charge in [0.15, 0.2) is 5.82 Å². The summed E-state index contributed by atoms with van der Waals surface area (Å²) in [6.45, 7) is 18.1. The predicted octanol–water partition coefficient (Wildman–Crippen LogP) is 15.8. The molecule has 6 nitrogen and oxygen atoms in total. The standard InChI is InChI=1S/C66H57N5O.Pt/c1-64(2,3)49-38-50(65(4,5)6)40-52(39-49)70-44-69(63(68-70)62-55(45-22-12-9-13-23-45)31-21-32-56(62)46-24-14-10-15-25-46)51-28-20-29-53(42-51)72-54-34-35-58-57-30-18-19-33-59(57)71(60(58)43-54)61-41-48(36-37-67-61)66(7,8)47-26-16-11-17-27-47;/h9-41H,1-8H3;/q-2;. The van der Waals surface area contributed by atoms with E-state index < -0.39 is 0 Å². The fraction of sp³-hybridized carbons (Fsp3) is 0.167. The summed E-state index contributed by atoms with van der Waals surface area (Å²) < 4.78 is 12.9. The van der Waals surface area contributed by atoms with Gasteiger partial charge in [-0.15, -0.1) is 34.8 Å². The third-order valence-corrected chi connectivity index (χ3v) is 13.9. The minimum atomic E-state index is -0.249. The third kappa shape index (κ3) is 9.49. The number of pyridine rings is 1. The molecule has 0 aliphatic heterocycles. The minimum Gasteiger partial charge on any atom is -0.510 e. The van der Waals surface area contributed by atoms with Gasteiger partial charge < -0.3 is 13.9 Å². The number of nitrogens with zero attached hydrogens (tertiary/aromatic N) is 5. The molecule has 0 unspecified atom stereocenters. The molecule has 0 saturated carbocycles. The number of benzene rings is 8. The topological polar surface area (TPSA) is 48.8 Å². The van der Waals surface area contributed by atoms with E-state index >= 15 is 0 Å². The van der Waals surface area contributed by atoms with Crippen molar-refractivity contribution < 1.29 is 30.5 Å². The molecule has 11 aromatic rings. The minimum absolute atomic E-state index is 0. The molecule has 3 heterocycles. The zero-order valence-corrected chi connectivity index (χ0v) is 44.8. The van der Waals surface area contributed by atoms with E-state index in [2.05, 4.69) is 248 Å². The Morgan fingerprint density at radius 2 is 1.10 bits per heavy atom. The van der Waals surface area contributed by atoms with Gasteiger partial charge in [-0.25, -0.2) is 4.98 Å². The summed E-state index contributed by atoms with van der Waals surface area (Å²) in [4.78, 5) is 4.97. The van der Waals surface area contributed by atoms with Crippen molar-refractivity contribution >= 4 is 21.8 Å². The molecule has 0 N–H and O–H groups in total. The Labute approximate surface area is 443 Å². The van der Waals surface area contributed by atoms with E-state index in [1.807, 2.05) is 39.7 Å². The first kappa shape index (κ1) is 48.9. The molecule has 0 saturated heterocycles. The third-order valence-electron chi connectivity index (χ3n) is 13.9. The summed E-state index contributed by atoms with van der Waals surface area (Å²) in [5.74, 6) is 2.61. The van der Waals surface area contributed by atoms with Crippen LogP contribution in [0.5, 0.6) is 11.5 Å². The van der Waals surface area contributed by atoms with E-state index in [0.717, 1.165) is 66.8 Å². The summed E-state index contributed by atoms with van der Waals surface area (Å²) in [6, 6.07) is 75.2. The number of ether oxygens (including phenoxy) is 1. The summed E-state index contributed by atoms with van der Waals surface area (Å²) in [6.07, 6.45) is 5.64. The van der Waals surface area contributed by atoms with Gasteiger partial charge in [0.05, 0.1) is 5.69 Å². The molecule has 73 heavy (non-hydrogen) atoms. The number of rotatable bonds is 10. The average Bonchev–Trinajstić information content (AvgIpc) is 3.99. The number of hydrogen-bond acceptors (Lipinski definition) is 3. The molecule has 3 aromatic heterocycles. The second-order valence-electron chi connectivity index (χ2n) is 21.2. The normalized spacial score (nSPS) is 12.0. The fourth-order valence-corrected chi connectivity index (χ4v) is 9.73. The molecular formula is C66H57N5OPt-2. The summed E-state index contributed by atoms with van der Waals surface area (Å²) in [7, 11) is 0. The molecule has 0 aliphatic carbocycles. The molecule has 364 valence electrons. The zero-order chi connectivity index (χ0) is 49.8. The van der Waals surface area contributed by atoms with Gasteiger partial charge in [0.1, 0.15) is 5.82 Å². The van der Waals surface area contributed by atoms with E-state index in [4.69, 9.17) is 14.8 Å². The number of aromatic nitrogens is 5. The van der Waals surface area contributed by atoms with E-state index in [0.29, 0.717) is 17.3 Å². The second-order valence-corrected chi connectivity index (χ2v) is 21.2. The van der Waals surface area contributed by atoms with Crippen LogP contribution in [0.3, 0.4) is 0 Å². The van der Waals surface area contributed by atoms with Gasteiger partial charge in [0, 0.05) is 55.3 Å². The SMILES string of the molecule is CC(C)(C)c1cc(-[n+]2[c-]n(-c3[c-]c(Oc4[c-]c5c(cc4)c4ccccc4n5-c4cc(C(C)(C)c5ccccc5)ccn4)ccc3)c(-c3c(-c4ccccc4)cccc3-c3ccccc3)n2)cc(C(C)(C)C)c1.[Pt]. The van der Waals surface area contributed by atoms with Gasteiger partial charge in [-0.2, -0.15) is 22.9 Å². The summed E-state index contributed by atoms with van der Waals surface area (Å²) in [5, 5.41) is 7.71. The van der Waals surface area contributed by atoms with Crippen LogP contribution in [0, 0.1) is 18.5 Å². The Balaban J connectivity index is 0.00000611. The van der Waals surface area contributed by atoms with Crippen molar-refractivity contribution in [2.24, 2.45) is 0 Å². The van der Waals surface area contributed by atoms with Crippen molar-refractivity contribution in [2.45, 2.75) is 71.6 Å². The van der Waals surface area contributed by atoms with Crippen molar-refractivity contribution in [3.8, 4) is 62.3 Å². The van der Waals surface area contributed by atoms with Crippen LogP contribution >= 0.6 is 0 Å². The molecule has 0 atom stereocenters.